The molecule has 2 fully saturated rings. The van der Waals surface area contributed by atoms with Gasteiger partial charge in [-0.2, -0.15) is 0 Å². The lowest BCUT2D eigenvalue weighted by molar-refractivity contribution is 0.286. The van der Waals surface area contributed by atoms with E-state index >= 15 is 0 Å². The molecule has 3 N–H and O–H groups in total. The smallest absolute Gasteiger partial charge is 0.0678 e. The van der Waals surface area contributed by atoms with Crippen LogP contribution in [0, 0.1) is 11.8 Å². The molecule has 4 heteroatoms. The lowest BCUT2D eigenvalue weighted by Crippen LogP contribution is -2.63. The van der Waals surface area contributed by atoms with E-state index in [2.05, 4.69) is 28.2 Å². The second kappa shape index (κ2) is 4.68. The van der Waals surface area contributed by atoms with Gasteiger partial charge in [-0.1, -0.05) is 11.6 Å². The van der Waals surface area contributed by atoms with Gasteiger partial charge in [0.1, 0.15) is 0 Å². The molecule has 1 saturated carbocycles. The third-order valence-corrected chi connectivity index (χ3v) is 5.77. The summed E-state index contributed by atoms with van der Waals surface area (Å²) in [5.41, 5.74) is 4.67. The van der Waals surface area contributed by atoms with E-state index in [9.17, 15) is 0 Å². The summed E-state index contributed by atoms with van der Waals surface area (Å²) < 4.78 is 0. The van der Waals surface area contributed by atoms with E-state index < -0.39 is 0 Å². The molecule has 0 spiro atoms. The van der Waals surface area contributed by atoms with Crippen molar-refractivity contribution in [3.63, 3.8) is 0 Å². The van der Waals surface area contributed by atoms with Crippen LogP contribution in [0.2, 0.25) is 0 Å². The van der Waals surface area contributed by atoms with Crippen molar-refractivity contribution in [1.82, 2.24) is 16.0 Å². The zero-order chi connectivity index (χ0) is 13.8. The molecule has 21 heavy (non-hydrogen) atoms. The Morgan fingerprint density at radius 3 is 2.71 bits per heavy atom. The molecule has 0 aromatic rings. The average Bonchev–Trinajstić information content (AvgIpc) is 3.14. The topological polar surface area (TPSA) is 48.5 Å². The summed E-state index contributed by atoms with van der Waals surface area (Å²) in [4.78, 5) is 4.84. The van der Waals surface area contributed by atoms with Crippen molar-refractivity contribution in [3.8, 4) is 0 Å². The summed E-state index contributed by atoms with van der Waals surface area (Å²) in [6.07, 6.45) is 9.87. The molecule has 0 amide bonds. The monoisotopic (exact) mass is 284 g/mol. The van der Waals surface area contributed by atoms with Crippen LogP contribution in [0.4, 0.5) is 0 Å². The Labute approximate surface area is 126 Å². The first-order valence-corrected chi connectivity index (χ1v) is 8.53. The van der Waals surface area contributed by atoms with Crippen LogP contribution < -0.4 is 16.0 Å². The highest BCUT2D eigenvalue weighted by atomic mass is 15.1. The van der Waals surface area contributed by atoms with Crippen molar-refractivity contribution in [1.29, 1.82) is 0 Å². The average molecular weight is 284 g/mol. The molecule has 3 aliphatic heterocycles. The van der Waals surface area contributed by atoms with Crippen LogP contribution in [0.15, 0.2) is 28.4 Å². The number of aliphatic imine (C=N–C) groups is 1. The van der Waals surface area contributed by atoms with E-state index in [4.69, 9.17) is 4.99 Å². The van der Waals surface area contributed by atoms with Crippen molar-refractivity contribution in [3.05, 3.63) is 23.4 Å². The SMILES string of the molecule is C1=C(C2CN=C(C3CC3)C2)CC(NC2CNC2)C2NC=C12. The summed E-state index contributed by atoms with van der Waals surface area (Å²) in [6, 6.07) is 1.78. The molecule has 4 nitrogen and oxygen atoms in total. The Kier molecular flexibility index (Phi) is 2.77. The van der Waals surface area contributed by atoms with E-state index in [-0.39, 0.29) is 0 Å². The standard InChI is InChI=1S/C17H24N4/c1-2-10(1)15-5-12(6-19-15)11-3-13-7-20-17(13)16(4-11)21-14-8-18-9-14/h3,7,10,12,14,16-18,20-21H,1-2,4-6,8-9H2. The molecule has 0 aromatic carbocycles. The van der Waals surface area contributed by atoms with Gasteiger partial charge in [0.15, 0.2) is 0 Å². The van der Waals surface area contributed by atoms with Crippen LogP contribution in [0.25, 0.3) is 0 Å². The van der Waals surface area contributed by atoms with Gasteiger partial charge in [-0.05, 0) is 37.2 Å². The summed E-state index contributed by atoms with van der Waals surface area (Å²) >= 11 is 0. The van der Waals surface area contributed by atoms with Gasteiger partial charge in [-0.15, -0.1) is 0 Å². The molecule has 0 aromatic heterocycles. The number of hydrogen-bond donors (Lipinski definition) is 3. The Hall–Kier alpha value is -1.13. The summed E-state index contributed by atoms with van der Waals surface area (Å²) in [7, 11) is 0. The third kappa shape index (κ3) is 2.16. The van der Waals surface area contributed by atoms with Gasteiger partial charge >= 0.3 is 0 Å². The van der Waals surface area contributed by atoms with Crippen molar-refractivity contribution in [2.24, 2.45) is 16.8 Å². The summed E-state index contributed by atoms with van der Waals surface area (Å²) in [5, 5.41) is 10.7. The molecule has 5 rings (SSSR count). The lowest BCUT2D eigenvalue weighted by atomic mass is 9.78. The van der Waals surface area contributed by atoms with Crippen molar-refractivity contribution < 1.29 is 0 Å². The number of nitrogens with one attached hydrogen (secondary N) is 3. The van der Waals surface area contributed by atoms with Gasteiger partial charge in [-0.25, -0.2) is 0 Å². The maximum atomic E-state index is 4.84. The van der Waals surface area contributed by atoms with Crippen molar-refractivity contribution in [2.45, 2.75) is 43.8 Å². The van der Waals surface area contributed by atoms with Gasteiger partial charge in [0.2, 0.25) is 0 Å². The number of rotatable bonds is 4. The Balaban J connectivity index is 1.29. The normalized spacial score (nSPS) is 38.5. The van der Waals surface area contributed by atoms with Gasteiger partial charge in [-0.3, -0.25) is 4.99 Å². The fourth-order valence-corrected chi connectivity index (χ4v) is 4.12. The van der Waals surface area contributed by atoms with Gasteiger partial charge < -0.3 is 16.0 Å². The second-order valence-corrected chi connectivity index (χ2v) is 7.35. The molecular formula is C17H24N4. The summed E-state index contributed by atoms with van der Waals surface area (Å²) in [5.74, 6) is 1.54. The Morgan fingerprint density at radius 1 is 1.14 bits per heavy atom. The minimum atomic E-state index is 0.541. The van der Waals surface area contributed by atoms with E-state index in [1.807, 2.05) is 0 Å². The third-order valence-electron chi connectivity index (χ3n) is 5.77. The van der Waals surface area contributed by atoms with E-state index in [0.717, 1.165) is 25.6 Å². The molecule has 2 aliphatic carbocycles. The van der Waals surface area contributed by atoms with Gasteiger partial charge in [0, 0.05) is 49.5 Å². The first-order chi connectivity index (χ1) is 10.4. The molecule has 3 heterocycles. The second-order valence-electron chi connectivity index (χ2n) is 7.35. The Morgan fingerprint density at radius 2 is 2.05 bits per heavy atom. The van der Waals surface area contributed by atoms with E-state index in [1.54, 1.807) is 5.57 Å². The number of fused-ring (bicyclic) bond motifs is 1. The fraction of sp³-hybridized carbons (Fsp3) is 0.706. The van der Waals surface area contributed by atoms with E-state index in [1.165, 1.54) is 37.0 Å². The first-order valence-electron chi connectivity index (χ1n) is 8.53. The van der Waals surface area contributed by atoms with E-state index in [0.29, 0.717) is 24.0 Å². The molecular weight excluding hydrogens is 260 g/mol. The maximum absolute atomic E-state index is 4.84. The summed E-state index contributed by atoms with van der Waals surface area (Å²) in [6.45, 7) is 3.29. The number of hydrogen-bond acceptors (Lipinski definition) is 4. The molecule has 1 saturated heterocycles. The predicted molar refractivity (Wildman–Crippen MR) is 84.4 cm³/mol. The first kappa shape index (κ1) is 12.4. The molecule has 0 bridgehead atoms. The zero-order valence-electron chi connectivity index (χ0n) is 12.4. The molecule has 3 unspecified atom stereocenters. The zero-order valence-corrected chi connectivity index (χ0v) is 12.4. The van der Waals surface area contributed by atoms with Crippen LogP contribution in [-0.4, -0.2) is 43.5 Å². The van der Waals surface area contributed by atoms with Crippen LogP contribution in [0.1, 0.15) is 25.7 Å². The minimum absolute atomic E-state index is 0.541. The van der Waals surface area contributed by atoms with Crippen LogP contribution in [0.3, 0.4) is 0 Å². The molecule has 5 aliphatic rings. The number of nitrogens with zero attached hydrogens (tertiary/aromatic N) is 1. The van der Waals surface area contributed by atoms with Crippen LogP contribution >= 0.6 is 0 Å². The largest absolute Gasteiger partial charge is 0.382 e. The maximum Gasteiger partial charge on any atom is 0.0678 e. The Bertz CT molecular complexity index is 539. The quantitative estimate of drug-likeness (QED) is 0.721. The lowest BCUT2D eigenvalue weighted by Gasteiger charge is -2.43. The van der Waals surface area contributed by atoms with Crippen molar-refractivity contribution >= 4 is 5.71 Å². The van der Waals surface area contributed by atoms with Crippen molar-refractivity contribution in [2.75, 3.05) is 19.6 Å². The van der Waals surface area contributed by atoms with Crippen LogP contribution in [0.5, 0.6) is 0 Å². The molecule has 0 radical (unpaired) electrons. The van der Waals surface area contributed by atoms with Crippen LogP contribution in [-0.2, 0) is 0 Å². The highest BCUT2D eigenvalue weighted by Gasteiger charge is 2.39. The highest BCUT2D eigenvalue weighted by Crippen LogP contribution is 2.40. The fourth-order valence-electron chi connectivity index (χ4n) is 4.12. The molecule has 112 valence electrons. The highest BCUT2D eigenvalue weighted by molar-refractivity contribution is 5.90. The minimum Gasteiger partial charge on any atom is -0.382 e. The predicted octanol–water partition coefficient (Wildman–Crippen LogP) is 0.973. The molecule has 3 atom stereocenters. The van der Waals surface area contributed by atoms with Gasteiger partial charge in [0.05, 0.1) is 6.04 Å². The van der Waals surface area contributed by atoms with Gasteiger partial charge in [0.25, 0.3) is 0 Å².